The summed E-state index contributed by atoms with van der Waals surface area (Å²) in [6.45, 7) is 7.47. The zero-order valence-corrected chi connectivity index (χ0v) is 15.5. The number of benzene rings is 2. The Morgan fingerprint density at radius 3 is 2.44 bits per heavy atom. The third-order valence-electron chi connectivity index (χ3n) is 3.92. The van der Waals surface area contributed by atoms with E-state index in [0.717, 1.165) is 5.56 Å². The predicted octanol–water partition coefficient (Wildman–Crippen LogP) is 3.56. The molecule has 0 aromatic heterocycles. The van der Waals surface area contributed by atoms with Crippen molar-refractivity contribution in [3.63, 3.8) is 0 Å². The fourth-order valence-electron chi connectivity index (χ4n) is 2.49. The summed E-state index contributed by atoms with van der Waals surface area (Å²) in [6, 6.07) is 13.7. The van der Waals surface area contributed by atoms with E-state index in [2.05, 4.69) is 25.5 Å². The van der Waals surface area contributed by atoms with Gasteiger partial charge in [0.2, 0.25) is 0 Å². The molecule has 0 spiro atoms. The number of rotatable bonds is 6. The van der Waals surface area contributed by atoms with Crippen LogP contribution in [0.1, 0.15) is 26.3 Å². The second-order valence-electron chi connectivity index (χ2n) is 7.15. The lowest BCUT2D eigenvalue weighted by molar-refractivity contribution is 0.258. The minimum Gasteiger partial charge on any atom is -0.490 e. The first kappa shape index (κ1) is 17.8. The van der Waals surface area contributed by atoms with E-state index >= 15 is 0 Å². The van der Waals surface area contributed by atoms with E-state index in [9.17, 15) is 8.42 Å². The van der Waals surface area contributed by atoms with Crippen molar-refractivity contribution < 1.29 is 17.9 Å². The van der Waals surface area contributed by atoms with Gasteiger partial charge < -0.3 is 9.47 Å². The fourth-order valence-corrected chi connectivity index (χ4v) is 3.56. The Kier molecular flexibility index (Phi) is 4.75. The van der Waals surface area contributed by atoms with Crippen molar-refractivity contribution in [2.45, 2.75) is 37.2 Å². The zero-order valence-electron chi connectivity index (χ0n) is 14.7. The summed E-state index contributed by atoms with van der Waals surface area (Å²) >= 11 is 0. The first-order valence-corrected chi connectivity index (χ1v) is 9.71. The Bertz CT molecular complexity index is 837. The lowest BCUT2D eigenvalue weighted by atomic mass is 9.86. The van der Waals surface area contributed by atoms with Gasteiger partial charge in [-0.05, 0) is 29.2 Å². The summed E-state index contributed by atoms with van der Waals surface area (Å²) in [7, 11) is -3.63. The van der Waals surface area contributed by atoms with Gasteiger partial charge >= 0.3 is 0 Å². The van der Waals surface area contributed by atoms with E-state index < -0.39 is 10.0 Å². The molecule has 134 valence electrons. The summed E-state index contributed by atoms with van der Waals surface area (Å²) < 4.78 is 38.7. The van der Waals surface area contributed by atoms with Gasteiger partial charge in [0, 0.05) is 6.07 Å². The van der Waals surface area contributed by atoms with E-state index in [-0.39, 0.29) is 16.4 Å². The van der Waals surface area contributed by atoms with Gasteiger partial charge in [0.05, 0.1) is 17.2 Å². The molecule has 25 heavy (non-hydrogen) atoms. The molecule has 0 aliphatic carbocycles. The summed E-state index contributed by atoms with van der Waals surface area (Å²) in [5.41, 5.74) is 1.38. The maximum Gasteiger partial charge on any atom is 0.261 e. The SMILES string of the molecule is CC(C)(C)c1ccc(NS(=O)(=O)c2ccccc2)cc1OCC1CO1. The molecule has 1 aliphatic heterocycles. The van der Waals surface area contributed by atoms with Crippen LogP contribution in [0.15, 0.2) is 53.4 Å². The molecule has 5 nitrogen and oxygen atoms in total. The molecule has 0 bridgehead atoms. The van der Waals surface area contributed by atoms with Crippen LogP contribution in [0.4, 0.5) is 5.69 Å². The van der Waals surface area contributed by atoms with Gasteiger partial charge in [0.15, 0.2) is 0 Å². The second-order valence-corrected chi connectivity index (χ2v) is 8.83. The number of hydrogen-bond donors (Lipinski definition) is 1. The van der Waals surface area contributed by atoms with Crippen LogP contribution in [0.2, 0.25) is 0 Å². The summed E-state index contributed by atoms with van der Waals surface area (Å²) in [6.07, 6.45) is 0.137. The van der Waals surface area contributed by atoms with Crippen LogP contribution < -0.4 is 9.46 Å². The Morgan fingerprint density at radius 1 is 1.16 bits per heavy atom. The molecule has 1 saturated heterocycles. The molecular formula is C19H23NO4S. The number of anilines is 1. The topological polar surface area (TPSA) is 67.9 Å². The molecule has 1 unspecified atom stereocenters. The van der Waals surface area contributed by atoms with E-state index in [4.69, 9.17) is 9.47 Å². The molecule has 2 aromatic rings. The van der Waals surface area contributed by atoms with Gasteiger partial charge in [0.1, 0.15) is 18.5 Å². The maximum atomic E-state index is 12.5. The van der Waals surface area contributed by atoms with Crippen LogP contribution in [0, 0.1) is 0 Å². The third kappa shape index (κ3) is 4.52. The lowest BCUT2D eigenvalue weighted by Crippen LogP contribution is -2.17. The first-order chi connectivity index (χ1) is 11.8. The molecule has 6 heteroatoms. The Morgan fingerprint density at radius 2 is 1.84 bits per heavy atom. The van der Waals surface area contributed by atoms with Crippen molar-refractivity contribution in [2.75, 3.05) is 17.9 Å². The Hall–Kier alpha value is -2.05. The largest absolute Gasteiger partial charge is 0.490 e. The normalized spacial score (nSPS) is 17.2. The Balaban J connectivity index is 1.87. The standard InChI is InChI=1S/C19H23NO4S/c1-19(2,3)17-10-9-14(11-18(17)24-13-15-12-23-15)20-25(21,22)16-7-5-4-6-8-16/h4-11,15,20H,12-13H2,1-3H3. The molecule has 1 heterocycles. The van der Waals surface area contributed by atoms with Crippen molar-refractivity contribution in [1.29, 1.82) is 0 Å². The molecule has 1 atom stereocenters. The van der Waals surface area contributed by atoms with E-state index in [1.165, 1.54) is 0 Å². The fraction of sp³-hybridized carbons (Fsp3) is 0.368. The number of ether oxygens (including phenoxy) is 2. The van der Waals surface area contributed by atoms with E-state index in [1.807, 2.05) is 6.07 Å². The molecule has 1 N–H and O–H groups in total. The number of epoxide rings is 1. The van der Waals surface area contributed by atoms with Gasteiger partial charge in [-0.1, -0.05) is 45.0 Å². The maximum absolute atomic E-state index is 12.5. The van der Waals surface area contributed by atoms with Crippen molar-refractivity contribution >= 4 is 15.7 Å². The lowest BCUT2D eigenvalue weighted by Gasteiger charge is -2.23. The van der Waals surface area contributed by atoms with Gasteiger partial charge in [-0.3, -0.25) is 4.72 Å². The molecule has 1 fully saturated rings. The van der Waals surface area contributed by atoms with Crippen molar-refractivity contribution in [2.24, 2.45) is 0 Å². The summed E-state index contributed by atoms with van der Waals surface area (Å²) in [4.78, 5) is 0.226. The highest BCUT2D eigenvalue weighted by Crippen LogP contribution is 2.34. The van der Waals surface area contributed by atoms with Crippen molar-refractivity contribution in [3.8, 4) is 5.75 Å². The molecule has 0 amide bonds. The van der Waals surface area contributed by atoms with E-state index in [0.29, 0.717) is 24.7 Å². The molecule has 3 rings (SSSR count). The van der Waals surface area contributed by atoms with Crippen LogP contribution in [-0.4, -0.2) is 27.7 Å². The number of nitrogens with one attached hydrogen (secondary N) is 1. The van der Waals surface area contributed by atoms with E-state index in [1.54, 1.807) is 42.5 Å². The van der Waals surface area contributed by atoms with Gasteiger partial charge in [-0.15, -0.1) is 0 Å². The van der Waals surface area contributed by atoms with Crippen LogP contribution >= 0.6 is 0 Å². The smallest absolute Gasteiger partial charge is 0.261 e. The Labute approximate surface area is 149 Å². The molecule has 0 radical (unpaired) electrons. The molecule has 0 saturated carbocycles. The second kappa shape index (κ2) is 6.69. The quantitative estimate of drug-likeness (QED) is 0.799. The highest BCUT2D eigenvalue weighted by molar-refractivity contribution is 7.92. The molecular weight excluding hydrogens is 338 g/mol. The average Bonchev–Trinajstić information content (AvgIpc) is 3.37. The first-order valence-electron chi connectivity index (χ1n) is 8.22. The zero-order chi connectivity index (χ0) is 18.1. The highest BCUT2D eigenvalue weighted by Gasteiger charge is 2.26. The van der Waals surface area contributed by atoms with Crippen LogP contribution in [0.3, 0.4) is 0 Å². The number of hydrogen-bond acceptors (Lipinski definition) is 4. The van der Waals surface area contributed by atoms with Crippen LogP contribution in [0.25, 0.3) is 0 Å². The molecule has 2 aromatic carbocycles. The molecule has 1 aliphatic rings. The predicted molar refractivity (Wildman–Crippen MR) is 97.6 cm³/mol. The average molecular weight is 361 g/mol. The van der Waals surface area contributed by atoms with Crippen LogP contribution in [-0.2, 0) is 20.2 Å². The third-order valence-corrected chi connectivity index (χ3v) is 5.32. The summed E-state index contributed by atoms with van der Waals surface area (Å²) in [5.74, 6) is 0.677. The van der Waals surface area contributed by atoms with Crippen molar-refractivity contribution in [3.05, 3.63) is 54.1 Å². The van der Waals surface area contributed by atoms with Gasteiger partial charge in [-0.2, -0.15) is 0 Å². The minimum absolute atomic E-state index is 0.115. The van der Waals surface area contributed by atoms with Gasteiger partial charge in [0.25, 0.3) is 10.0 Å². The highest BCUT2D eigenvalue weighted by atomic mass is 32.2. The van der Waals surface area contributed by atoms with Gasteiger partial charge in [-0.25, -0.2) is 8.42 Å². The van der Waals surface area contributed by atoms with Crippen molar-refractivity contribution in [1.82, 2.24) is 0 Å². The minimum atomic E-state index is -3.63. The number of sulfonamides is 1. The monoisotopic (exact) mass is 361 g/mol. The van der Waals surface area contributed by atoms with Crippen LogP contribution in [0.5, 0.6) is 5.75 Å². The summed E-state index contributed by atoms with van der Waals surface area (Å²) in [5, 5.41) is 0.